The first kappa shape index (κ1) is 29.0. The van der Waals surface area contributed by atoms with E-state index in [0.717, 1.165) is 49.1 Å². The fourth-order valence-electron chi connectivity index (χ4n) is 9.88. The number of para-hydroxylation sites is 1. The number of benzene rings is 2. The second-order valence-electron chi connectivity index (χ2n) is 14.2. The summed E-state index contributed by atoms with van der Waals surface area (Å²) in [7, 11) is 0. The molecule has 7 rings (SSSR count). The lowest BCUT2D eigenvalue weighted by atomic mass is 9.47. The van der Waals surface area contributed by atoms with E-state index in [9.17, 15) is 9.90 Å². The molecule has 7 nitrogen and oxygen atoms in total. The molecule has 3 aromatic rings. The molecule has 0 spiro atoms. The highest BCUT2D eigenvalue weighted by atomic mass is 16.3. The highest BCUT2D eigenvalue weighted by Crippen LogP contribution is 2.66. The number of aliphatic hydroxyl groups excluding tert-OH is 1. The van der Waals surface area contributed by atoms with Gasteiger partial charge in [0.2, 0.25) is 0 Å². The summed E-state index contributed by atoms with van der Waals surface area (Å²) < 4.78 is 1.74. The maximum atomic E-state index is 13.8. The van der Waals surface area contributed by atoms with E-state index in [1.807, 2.05) is 60.7 Å². The molecule has 3 fully saturated rings. The minimum Gasteiger partial charge on any atom is -0.393 e. The highest BCUT2D eigenvalue weighted by Gasteiger charge is 2.59. The summed E-state index contributed by atoms with van der Waals surface area (Å²) in [6.07, 6.45) is 11.1. The van der Waals surface area contributed by atoms with Gasteiger partial charge in [0.1, 0.15) is 5.56 Å². The van der Waals surface area contributed by atoms with Crippen molar-refractivity contribution in [3.63, 3.8) is 0 Å². The third kappa shape index (κ3) is 4.63. The Morgan fingerprint density at radius 1 is 1.00 bits per heavy atom. The van der Waals surface area contributed by atoms with Gasteiger partial charge in [0.05, 0.1) is 17.5 Å². The molecule has 7 atom stereocenters. The molecule has 0 radical (unpaired) electrons. The number of nitrogen functional groups attached to an aromatic ring is 1. The molecule has 1 aromatic heterocycles. The Morgan fingerprint density at radius 2 is 1.73 bits per heavy atom. The molecule has 2 aromatic carbocycles. The lowest BCUT2D eigenvalue weighted by Crippen LogP contribution is -2.51. The third-order valence-electron chi connectivity index (χ3n) is 12.1. The number of carbonyl (C=O) groups excluding carboxylic acids is 1. The Balaban J connectivity index is 1.14. The van der Waals surface area contributed by atoms with Crippen LogP contribution in [0.25, 0.3) is 16.9 Å². The van der Waals surface area contributed by atoms with Gasteiger partial charge in [-0.15, -0.1) is 5.10 Å². The van der Waals surface area contributed by atoms with Gasteiger partial charge in [-0.2, -0.15) is 5.10 Å². The summed E-state index contributed by atoms with van der Waals surface area (Å²) in [5, 5.41) is 19.7. The van der Waals surface area contributed by atoms with E-state index in [2.05, 4.69) is 37.4 Å². The average Bonchev–Trinajstić information content (AvgIpc) is 3.58. The van der Waals surface area contributed by atoms with Crippen LogP contribution < -0.4 is 11.2 Å². The van der Waals surface area contributed by atoms with Crippen molar-refractivity contribution >= 4 is 17.4 Å². The number of anilines is 1. The number of aromatic nitrogens is 2. The Kier molecular flexibility index (Phi) is 7.27. The zero-order valence-corrected chi connectivity index (χ0v) is 26.2. The predicted molar refractivity (Wildman–Crippen MR) is 175 cm³/mol. The third-order valence-corrected chi connectivity index (χ3v) is 12.1. The van der Waals surface area contributed by atoms with Crippen LogP contribution in [0.2, 0.25) is 0 Å². The Labute approximate surface area is 260 Å². The Hall–Kier alpha value is -3.71. The summed E-state index contributed by atoms with van der Waals surface area (Å²) in [5.74, 6) is 2.20. The molecule has 7 heteroatoms. The van der Waals surface area contributed by atoms with Crippen molar-refractivity contribution in [3.05, 3.63) is 77.9 Å². The number of nitrogens with one attached hydrogen (secondary N) is 1. The van der Waals surface area contributed by atoms with Gasteiger partial charge in [0, 0.05) is 17.2 Å². The van der Waals surface area contributed by atoms with E-state index in [1.54, 1.807) is 4.68 Å². The highest BCUT2D eigenvalue weighted by molar-refractivity contribution is 6.05. The number of allylic oxidation sites excluding steroid dienone is 1. The maximum Gasteiger partial charge on any atom is 0.277 e. The number of hydrogen-bond acceptors (Lipinski definition) is 5. The van der Waals surface area contributed by atoms with E-state index < -0.39 is 0 Å². The number of hydrogen-bond donors (Lipinski definition) is 3. The van der Waals surface area contributed by atoms with Crippen LogP contribution in [0, 0.1) is 34.5 Å². The van der Waals surface area contributed by atoms with Crippen molar-refractivity contribution < 1.29 is 9.90 Å². The number of carbonyl (C=O) groups is 1. The van der Waals surface area contributed by atoms with Gasteiger partial charge in [-0.05, 0) is 99.0 Å². The molecule has 44 heavy (non-hydrogen) atoms. The van der Waals surface area contributed by atoms with Crippen molar-refractivity contribution in [2.45, 2.75) is 78.2 Å². The number of amides is 1. The van der Waals surface area contributed by atoms with E-state index in [4.69, 9.17) is 10.8 Å². The SMILES string of the molecule is C/C(=N\NC(=O)c1c(N)nn(-c2ccccc2)c1-c1ccccc1)[C@H]1CC[C@H]2[C@@H]3CC=C4C[C@@H](O)CC[C@]4(C)[C@H]3CC[C@]12C. The summed E-state index contributed by atoms with van der Waals surface area (Å²) in [6, 6.07) is 19.5. The molecule has 4 aliphatic rings. The zero-order valence-electron chi connectivity index (χ0n) is 26.2. The molecule has 1 heterocycles. The molecular weight excluding hydrogens is 546 g/mol. The van der Waals surface area contributed by atoms with Gasteiger partial charge in [0.25, 0.3) is 5.91 Å². The fraction of sp³-hybridized carbons (Fsp3) is 0.486. The van der Waals surface area contributed by atoms with Crippen LogP contribution in [-0.2, 0) is 0 Å². The second kappa shape index (κ2) is 11.0. The van der Waals surface area contributed by atoms with E-state index in [0.29, 0.717) is 34.9 Å². The number of hydrazone groups is 1. The first-order chi connectivity index (χ1) is 21.2. The Bertz CT molecular complexity index is 1610. The lowest BCUT2D eigenvalue weighted by molar-refractivity contribution is -0.0423. The molecule has 3 saturated carbocycles. The monoisotopic (exact) mass is 591 g/mol. The normalized spacial score (nSPS) is 33.1. The van der Waals surface area contributed by atoms with Gasteiger partial charge in [-0.1, -0.05) is 74.0 Å². The largest absolute Gasteiger partial charge is 0.393 e. The van der Waals surface area contributed by atoms with Crippen molar-refractivity contribution in [1.82, 2.24) is 15.2 Å². The molecule has 4 N–H and O–H groups in total. The van der Waals surface area contributed by atoms with Crippen molar-refractivity contribution in [2.75, 3.05) is 5.73 Å². The summed E-state index contributed by atoms with van der Waals surface area (Å²) in [6.45, 7) is 7.05. The summed E-state index contributed by atoms with van der Waals surface area (Å²) >= 11 is 0. The summed E-state index contributed by atoms with van der Waals surface area (Å²) in [4.78, 5) is 13.8. The van der Waals surface area contributed by atoms with Crippen molar-refractivity contribution in [1.29, 1.82) is 0 Å². The molecule has 0 aliphatic heterocycles. The second-order valence-corrected chi connectivity index (χ2v) is 14.2. The molecule has 0 unspecified atom stereocenters. The van der Waals surface area contributed by atoms with Crippen LogP contribution in [0.3, 0.4) is 0 Å². The van der Waals surface area contributed by atoms with Crippen molar-refractivity contribution in [2.24, 2.45) is 39.6 Å². The molecule has 230 valence electrons. The number of nitrogens with zero attached hydrogens (tertiary/aromatic N) is 3. The van der Waals surface area contributed by atoms with Crippen LogP contribution in [0.5, 0.6) is 0 Å². The predicted octanol–water partition coefficient (Wildman–Crippen LogP) is 7.17. The number of rotatable bonds is 5. The average molecular weight is 592 g/mol. The number of aliphatic hydroxyl groups is 1. The van der Waals surface area contributed by atoms with E-state index >= 15 is 0 Å². The summed E-state index contributed by atoms with van der Waals surface area (Å²) in [5.41, 5.74) is 14.9. The Morgan fingerprint density at radius 3 is 2.48 bits per heavy atom. The van der Waals surface area contributed by atoms with Crippen molar-refractivity contribution in [3.8, 4) is 16.9 Å². The van der Waals surface area contributed by atoms with Crippen LogP contribution in [-0.4, -0.2) is 32.6 Å². The first-order valence-electron chi connectivity index (χ1n) is 16.4. The minimum absolute atomic E-state index is 0.168. The zero-order chi connectivity index (χ0) is 30.6. The van der Waals surface area contributed by atoms with Gasteiger partial charge in [0.15, 0.2) is 5.82 Å². The molecule has 0 bridgehead atoms. The van der Waals surface area contributed by atoms with Gasteiger partial charge >= 0.3 is 0 Å². The fourth-order valence-corrected chi connectivity index (χ4v) is 9.88. The van der Waals surface area contributed by atoms with Crippen LogP contribution in [0.4, 0.5) is 5.82 Å². The lowest BCUT2D eigenvalue weighted by Gasteiger charge is -2.58. The molecule has 1 amide bonds. The maximum absolute atomic E-state index is 13.8. The minimum atomic E-state index is -0.344. The molecule has 4 aliphatic carbocycles. The topological polar surface area (TPSA) is 106 Å². The van der Waals surface area contributed by atoms with Crippen LogP contribution >= 0.6 is 0 Å². The van der Waals surface area contributed by atoms with Crippen LogP contribution in [0.1, 0.15) is 82.5 Å². The quantitative estimate of drug-likeness (QED) is 0.166. The standard InChI is InChI=1S/C37H45N5O2/c1-23(29-16-17-30-28-15-14-25-22-27(43)18-20-36(25,2)31(28)19-21-37(29,30)3)39-40-35(44)32-33(24-10-6-4-7-11-24)42(41-34(32)38)26-12-8-5-9-13-26/h4-14,27-31,43H,15-22H2,1-3H3,(H2,38,41)(H,40,44)/b39-23+/t27-,28-,29+,30-,31-,36-,37+/m0/s1. The van der Waals surface area contributed by atoms with Gasteiger partial charge in [-0.3, -0.25) is 4.79 Å². The van der Waals surface area contributed by atoms with Gasteiger partial charge in [-0.25, -0.2) is 10.1 Å². The smallest absolute Gasteiger partial charge is 0.277 e. The first-order valence-corrected chi connectivity index (χ1v) is 16.4. The molecule has 0 saturated heterocycles. The van der Waals surface area contributed by atoms with Gasteiger partial charge < -0.3 is 10.8 Å². The van der Waals surface area contributed by atoms with E-state index in [1.165, 1.54) is 24.8 Å². The van der Waals surface area contributed by atoms with Crippen LogP contribution in [0.15, 0.2) is 77.4 Å². The van der Waals surface area contributed by atoms with E-state index in [-0.39, 0.29) is 28.7 Å². The number of fused-ring (bicyclic) bond motifs is 5. The number of nitrogens with two attached hydrogens (primary N) is 1. The molecular formula is C37H45N5O2.